The van der Waals surface area contributed by atoms with Crippen molar-refractivity contribution in [1.82, 2.24) is 30.0 Å². The Balaban J connectivity index is 1.13. The van der Waals surface area contributed by atoms with E-state index in [1.54, 1.807) is 0 Å². The molecule has 1 amide bonds. The van der Waals surface area contributed by atoms with Gasteiger partial charge in [0.1, 0.15) is 17.4 Å². The molecule has 0 radical (unpaired) electrons. The molecule has 2 aromatic heterocycles. The molecule has 5 rings (SSSR count). The lowest BCUT2D eigenvalue weighted by molar-refractivity contribution is -0.123. The standard InChI is InChI=1S/C26H28N6O2/c33-26(19-34-21-6-2-1-3-7-21)28-14-11-24-29-30-25-12-15-31(16-17-32(24)25)18-20-10-13-27-23-9-5-4-8-22(20)23/h1-10,13H,11-12,14-19H2,(H,28,33). The van der Waals surface area contributed by atoms with E-state index in [1.165, 1.54) is 10.9 Å². The molecule has 0 bridgehead atoms. The number of aromatic nitrogens is 4. The van der Waals surface area contributed by atoms with Crippen molar-refractivity contribution in [2.75, 3.05) is 26.2 Å². The van der Waals surface area contributed by atoms with Crippen LogP contribution in [0.15, 0.2) is 66.9 Å². The minimum Gasteiger partial charge on any atom is -0.484 e. The lowest BCUT2D eigenvalue weighted by Gasteiger charge is -2.20. The third kappa shape index (κ3) is 5.23. The van der Waals surface area contributed by atoms with E-state index in [9.17, 15) is 4.79 Å². The molecule has 174 valence electrons. The predicted molar refractivity (Wildman–Crippen MR) is 129 cm³/mol. The van der Waals surface area contributed by atoms with E-state index in [1.807, 2.05) is 42.6 Å². The van der Waals surface area contributed by atoms with Gasteiger partial charge in [-0.3, -0.25) is 14.7 Å². The Morgan fingerprint density at radius 3 is 2.74 bits per heavy atom. The number of para-hydroxylation sites is 2. The van der Waals surface area contributed by atoms with Gasteiger partial charge in [-0.1, -0.05) is 36.4 Å². The van der Waals surface area contributed by atoms with Gasteiger partial charge < -0.3 is 14.6 Å². The van der Waals surface area contributed by atoms with Crippen LogP contribution < -0.4 is 10.1 Å². The van der Waals surface area contributed by atoms with E-state index >= 15 is 0 Å². The maximum atomic E-state index is 12.1. The second kappa shape index (κ2) is 10.4. The molecule has 1 N–H and O–H groups in total. The van der Waals surface area contributed by atoms with Gasteiger partial charge in [0, 0.05) is 57.1 Å². The summed E-state index contributed by atoms with van der Waals surface area (Å²) in [7, 11) is 0. The Hall–Kier alpha value is -3.78. The van der Waals surface area contributed by atoms with Gasteiger partial charge in [-0.2, -0.15) is 0 Å². The molecule has 3 heterocycles. The minimum absolute atomic E-state index is 0.000597. The smallest absolute Gasteiger partial charge is 0.257 e. The molecule has 34 heavy (non-hydrogen) atoms. The van der Waals surface area contributed by atoms with Crippen molar-refractivity contribution in [1.29, 1.82) is 0 Å². The largest absolute Gasteiger partial charge is 0.484 e. The fourth-order valence-corrected chi connectivity index (χ4v) is 4.33. The first-order valence-corrected chi connectivity index (χ1v) is 11.7. The SMILES string of the molecule is O=C(COc1ccccc1)NCCc1nnc2n1CCN(Cc1ccnc3ccccc13)CC2. The van der Waals surface area contributed by atoms with Gasteiger partial charge in [0.25, 0.3) is 5.91 Å². The molecule has 0 saturated heterocycles. The number of carbonyl (C=O) groups excluding carboxylic acids is 1. The Morgan fingerprint density at radius 1 is 0.971 bits per heavy atom. The van der Waals surface area contributed by atoms with Crippen LogP contribution in [-0.4, -0.2) is 56.8 Å². The lowest BCUT2D eigenvalue weighted by atomic mass is 10.1. The molecule has 0 aliphatic carbocycles. The van der Waals surface area contributed by atoms with Crippen LogP contribution in [0.2, 0.25) is 0 Å². The monoisotopic (exact) mass is 456 g/mol. The molecule has 2 aromatic carbocycles. The van der Waals surface area contributed by atoms with Crippen molar-refractivity contribution in [2.45, 2.75) is 25.9 Å². The number of rotatable bonds is 8. The van der Waals surface area contributed by atoms with Crippen molar-refractivity contribution < 1.29 is 9.53 Å². The fraction of sp³-hybridized carbons (Fsp3) is 0.308. The summed E-state index contributed by atoms with van der Waals surface area (Å²) >= 11 is 0. The Labute approximate surface area is 198 Å². The zero-order valence-corrected chi connectivity index (χ0v) is 19.1. The van der Waals surface area contributed by atoms with Crippen LogP contribution in [0.4, 0.5) is 0 Å². The first-order valence-electron chi connectivity index (χ1n) is 11.7. The summed E-state index contributed by atoms with van der Waals surface area (Å²) in [6, 6.07) is 19.7. The fourth-order valence-electron chi connectivity index (χ4n) is 4.33. The number of ether oxygens (including phenoxy) is 1. The molecular formula is C26H28N6O2. The number of benzene rings is 2. The van der Waals surface area contributed by atoms with Gasteiger partial charge in [0.15, 0.2) is 6.61 Å². The molecule has 8 nitrogen and oxygen atoms in total. The van der Waals surface area contributed by atoms with E-state index in [0.717, 1.165) is 49.8 Å². The Morgan fingerprint density at radius 2 is 1.82 bits per heavy atom. The van der Waals surface area contributed by atoms with Crippen molar-refractivity contribution >= 4 is 16.8 Å². The topological polar surface area (TPSA) is 85.2 Å². The van der Waals surface area contributed by atoms with Crippen LogP contribution in [0.25, 0.3) is 10.9 Å². The number of fused-ring (bicyclic) bond motifs is 2. The predicted octanol–water partition coefficient (Wildman–Crippen LogP) is 2.62. The maximum absolute atomic E-state index is 12.1. The van der Waals surface area contributed by atoms with Gasteiger partial charge >= 0.3 is 0 Å². The van der Waals surface area contributed by atoms with Crippen LogP contribution in [0.1, 0.15) is 17.2 Å². The average molecular weight is 457 g/mol. The van der Waals surface area contributed by atoms with Crippen molar-refractivity contribution in [3.8, 4) is 5.75 Å². The summed E-state index contributed by atoms with van der Waals surface area (Å²) < 4.78 is 7.70. The third-order valence-corrected chi connectivity index (χ3v) is 6.11. The number of nitrogens with one attached hydrogen (secondary N) is 1. The zero-order valence-electron chi connectivity index (χ0n) is 19.1. The Kier molecular flexibility index (Phi) is 6.76. The summed E-state index contributed by atoms with van der Waals surface area (Å²) in [6.45, 7) is 4.08. The molecule has 8 heteroatoms. The molecule has 1 aliphatic rings. The van der Waals surface area contributed by atoms with Crippen LogP contribution in [-0.2, 0) is 30.7 Å². The molecule has 0 spiro atoms. The van der Waals surface area contributed by atoms with Gasteiger partial charge in [0.05, 0.1) is 5.52 Å². The maximum Gasteiger partial charge on any atom is 0.257 e. The first-order chi connectivity index (χ1) is 16.8. The molecule has 4 aromatic rings. The van der Waals surface area contributed by atoms with Crippen molar-refractivity contribution in [3.63, 3.8) is 0 Å². The Bertz CT molecular complexity index is 1250. The number of pyridine rings is 1. The van der Waals surface area contributed by atoms with Crippen molar-refractivity contribution in [2.24, 2.45) is 0 Å². The minimum atomic E-state index is -0.143. The number of carbonyl (C=O) groups is 1. The highest BCUT2D eigenvalue weighted by atomic mass is 16.5. The summed E-state index contributed by atoms with van der Waals surface area (Å²) in [6.07, 6.45) is 3.38. The van der Waals surface area contributed by atoms with E-state index in [4.69, 9.17) is 4.74 Å². The van der Waals surface area contributed by atoms with E-state index in [2.05, 4.69) is 54.2 Å². The van der Waals surface area contributed by atoms with E-state index < -0.39 is 0 Å². The normalized spacial score (nSPS) is 13.9. The van der Waals surface area contributed by atoms with Crippen LogP contribution in [0, 0.1) is 0 Å². The van der Waals surface area contributed by atoms with E-state index in [0.29, 0.717) is 18.7 Å². The number of hydrogen-bond donors (Lipinski definition) is 1. The second-order valence-electron chi connectivity index (χ2n) is 8.40. The molecule has 0 saturated carbocycles. The molecule has 0 unspecified atom stereocenters. The summed E-state index contributed by atoms with van der Waals surface area (Å²) in [4.78, 5) is 19.0. The summed E-state index contributed by atoms with van der Waals surface area (Å²) in [5.41, 5.74) is 2.33. The lowest BCUT2D eigenvalue weighted by Crippen LogP contribution is -2.31. The number of hydrogen-bond acceptors (Lipinski definition) is 6. The quantitative estimate of drug-likeness (QED) is 0.439. The highest BCUT2D eigenvalue weighted by molar-refractivity contribution is 5.81. The molecule has 1 aliphatic heterocycles. The first kappa shape index (κ1) is 22.0. The van der Waals surface area contributed by atoms with E-state index in [-0.39, 0.29) is 12.5 Å². The second-order valence-corrected chi connectivity index (χ2v) is 8.40. The summed E-state index contributed by atoms with van der Waals surface area (Å²) in [5, 5.41) is 12.9. The van der Waals surface area contributed by atoms with Crippen LogP contribution >= 0.6 is 0 Å². The molecular weight excluding hydrogens is 428 g/mol. The number of nitrogens with zero attached hydrogens (tertiary/aromatic N) is 5. The molecule has 0 fully saturated rings. The summed E-state index contributed by atoms with van der Waals surface area (Å²) in [5.74, 6) is 2.46. The number of amides is 1. The third-order valence-electron chi connectivity index (χ3n) is 6.11. The molecule has 0 atom stereocenters. The van der Waals surface area contributed by atoms with Gasteiger partial charge in [-0.15, -0.1) is 10.2 Å². The van der Waals surface area contributed by atoms with Crippen LogP contribution in [0.3, 0.4) is 0 Å². The van der Waals surface area contributed by atoms with Crippen LogP contribution in [0.5, 0.6) is 5.75 Å². The zero-order chi connectivity index (χ0) is 23.2. The van der Waals surface area contributed by atoms with Crippen molar-refractivity contribution in [3.05, 3.63) is 84.1 Å². The van der Waals surface area contributed by atoms with Gasteiger partial charge in [-0.25, -0.2) is 0 Å². The highest BCUT2D eigenvalue weighted by Crippen LogP contribution is 2.19. The highest BCUT2D eigenvalue weighted by Gasteiger charge is 2.19. The van der Waals surface area contributed by atoms with Gasteiger partial charge in [-0.05, 0) is 29.8 Å². The average Bonchev–Trinajstić information content (AvgIpc) is 3.15. The van der Waals surface area contributed by atoms with Gasteiger partial charge in [0.2, 0.25) is 0 Å².